The first-order valence-electron chi connectivity index (χ1n) is 5.84. The molecule has 0 saturated carbocycles. The number of carbonyl (C=O) groups excluding carboxylic acids is 1. The number of carbonyl (C=O) groups is 1. The summed E-state index contributed by atoms with van der Waals surface area (Å²) in [5.74, 6) is 0.0317. The summed E-state index contributed by atoms with van der Waals surface area (Å²) in [5.41, 5.74) is 3.33. The van der Waals surface area contributed by atoms with Gasteiger partial charge < -0.3 is 0 Å². The number of rotatable bonds is 2. The van der Waals surface area contributed by atoms with Gasteiger partial charge in [0.15, 0.2) is 5.78 Å². The Bertz CT molecular complexity index is 727. The van der Waals surface area contributed by atoms with Crippen LogP contribution in [0.25, 0.3) is 16.3 Å². The Kier molecular flexibility index (Phi) is 2.27. The van der Waals surface area contributed by atoms with Crippen LogP contribution in [0.15, 0.2) is 67.3 Å². The fraction of sp³-hybridized carbons (Fsp3) is 0. The summed E-state index contributed by atoms with van der Waals surface area (Å²) in [6.45, 7) is 7.56. The summed E-state index contributed by atoms with van der Waals surface area (Å²) in [7, 11) is 0. The van der Waals surface area contributed by atoms with E-state index in [-0.39, 0.29) is 5.78 Å². The molecular weight excluding hydrogens is 220 g/mol. The van der Waals surface area contributed by atoms with E-state index in [0.717, 1.165) is 27.5 Å². The number of allylic oxidation sites excluding steroid dienone is 4. The average Bonchev–Trinajstić information content (AvgIpc) is 2.42. The van der Waals surface area contributed by atoms with Crippen LogP contribution in [0.2, 0.25) is 0 Å². The lowest BCUT2D eigenvalue weighted by Crippen LogP contribution is -2.10. The third kappa shape index (κ3) is 1.25. The highest BCUT2D eigenvalue weighted by molar-refractivity contribution is 6.26. The van der Waals surface area contributed by atoms with Gasteiger partial charge in [-0.05, 0) is 16.5 Å². The molecule has 2 aromatic carbocycles. The maximum absolute atomic E-state index is 12.4. The van der Waals surface area contributed by atoms with Gasteiger partial charge in [-0.1, -0.05) is 61.7 Å². The van der Waals surface area contributed by atoms with Crippen molar-refractivity contribution < 1.29 is 4.79 Å². The standard InChI is InChI=1S/C17H12O/c1-3-12-13(4-2)17(18)15-10-6-8-11-7-5-9-14(12)16(11)15/h3-10H,1-2H2. The number of hydrogen-bond donors (Lipinski definition) is 0. The van der Waals surface area contributed by atoms with E-state index in [9.17, 15) is 4.79 Å². The molecule has 0 N–H and O–H groups in total. The highest BCUT2D eigenvalue weighted by Gasteiger charge is 2.24. The number of hydrogen-bond acceptors (Lipinski definition) is 1. The van der Waals surface area contributed by atoms with Crippen molar-refractivity contribution in [1.82, 2.24) is 0 Å². The summed E-state index contributed by atoms with van der Waals surface area (Å²) < 4.78 is 0. The molecule has 0 heterocycles. The Morgan fingerprint density at radius 1 is 0.833 bits per heavy atom. The van der Waals surface area contributed by atoms with Crippen molar-refractivity contribution >= 4 is 22.1 Å². The zero-order valence-corrected chi connectivity index (χ0v) is 9.94. The molecule has 0 radical (unpaired) electrons. The molecule has 18 heavy (non-hydrogen) atoms. The first-order valence-corrected chi connectivity index (χ1v) is 5.84. The number of benzene rings is 2. The fourth-order valence-corrected chi connectivity index (χ4v) is 2.59. The Labute approximate surface area is 106 Å². The molecule has 3 rings (SSSR count). The highest BCUT2D eigenvalue weighted by atomic mass is 16.1. The predicted octanol–water partition coefficient (Wildman–Crippen LogP) is 4.16. The third-order valence-corrected chi connectivity index (χ3v) is 3.38. The van der Waals surface area contributed by atoms with E-state index in [4.69, 9.17) is 0 Å². The van der Waals surface area contributed by atoms with Gasteiger partial charge in [0, 0.05) is 16.5 Å². The van der Waals surface area contributed by atoms with Crippen LogP contribution in [0.1, 0.15) is 15.9 Å². The molecule has 0 aliphatic heterocycles. The van der Waals surface area contributed by atoms with Crippen molar-refractivity contribution in [2.24, 2.45) is 0 Å². The van der Waals surface area contributed by atoms with Crippen molar-refractivity contribution in [3.05, 3.63) is 78.4 Å². The quantitative estimate of drug-likeness (QED) is 0.759. The van der Waals surface area contributed by atoms with Crippen molar-refractivity contribution in [1.29, 1.82) is 0 Å². The Balaban J connectivity index is 2.55. The van der Waals surface area contributed by atoms with Crippen molar-refractivity contribution in [3.63, 3.8) is 0 Å². The highest BCUT2D eigenvalue weighted by Crippen LogP contribution is 2.36. The van der Waals surface area contributed by atoms with Gasteiger partial charge in [-0.25, -0.2) is 0 Å². The molecule has 1 nitrogen and oxygen atoms in total. The topological polar surface area (TPSA) is 17.1 Å². The molecule has 2 aromatic rings. The van der Waals surface area contributed by atoms with Crippen LogP contribution in [0.5, 0.6) is 0 Å². The SMILES string of the molecule is C=CC1=C(C=C)c2cccc3cccc(c23)C1=O. The molecule has 0 fully saturated rings. The minimum absolute atomic E-state index is 0.0317. The second kappa shape index (κ2) is 3.81. The maximum atomic E-state index is 12.4. The third-order valence-electron chi connectivity index (χ3n) is 3.38. The lowest BCUT2D eigenvalue weighted by Gasteiger charge is -2.19. The van der Waals surface area contributed by atoms with Crippen molar-refractivity contribution in [3.8, 4) is 0 Å². The molecule has 1 heteroatoms. The van der Waals surface area contributed by atoms with Gasteiger partial charge >= 0.3 is 0 Å². The molecule has 86 valence electrons. The first-order chi connectivity index (χ1) is 8.77. The Morgan fingerprint density at radius 3 is 2.06 bits per heavy atom. The van der Waals surface area contributed by atoms with E-state index in [0.29, 0.717) is 5.57 Å². The van der Waals surface area contributed by atoms with Crippen LogP contribution >= 0.6 is 0 Å². The van der Waals surface area contributed by atoms with Gasteiger partial charge in [0.2, 0.25) is 0 Å². The molecule has 0 bridgehead atoms. The van der Waals surface area contributed by atoms with E-state index in [1.807, 2.05) is 36.4 Å². The van der Waals surface area contributed by atoms with Gasteiger partial charge in [0.1, 0.15) is 0 Å². The minimum Gasteiger partial charge on any atom is -0.289 e. The molecule has 0 atom stereocenters. The zero-order chi connectivity index (χ0) is 12.7. The van der Waals surface area contributed by atoms with Crippen LogP contribution < -0.4 is 0 Å². The summed E-state index contributed by atoms with van der Waals surface area (Å²) >= 11 is 0. The van der Waals surface area contributed by atoms with Gasteiger partial charge in [-0.3, -0.25) is 4.79 Å². The minimum atomic E-state index is 0.0317. The van der Waals surface area contributed by atoms with Crippen LogP contribution in [-0.4, -0.2) is 5.78 Å². The molecule has 1 aliphatic rings. The zero-order valence-electron chi connectivity index (χ0n) is 9.94. The molecule has 0 aromatic heterocycles. The average molecular weight is 232 g/mol. The molecular formula is C17H12O. The van der Waals surface area contributed by atoms with E-state index >= 15 is 0 Å². The second-order valence-electron chi connectivity index (χ2n) is 4.27. The van der Waals surface area contributed by atoms with Crippen LogP contribution in [-0.2, 0) is 0 Å². The largest absolute Gasteiger partial charge is 0.289 e. The van der Waals surface area contributed by atoms with Gasteiger partial charge in [0.05, 0.1) is 0 Å². The summed E-state index contributed by atoms with van der Waals surface area (Å²) in [4.78, 5) is 12.4. The van der Waals surface area contributed by atoms with E-state index in [1.54, 1.807) is 12.2 Å². The molecule has 1 aliphatic carbocycles. The summed E-state index contributed by atoms with van der Waals surface area (Å²) in [6, 6.07) is 11.9. The molecule has 0 unspecified atom stereocenters. The van der Waals surface area contributed by atoms with E-state index < -0.39 is 0 Å². The number of Topliss-reactive ketones (excluding diaryl/α,β-unsaturated/α-hetero) is 1. The molecule has 0 amide bonds. The van der Waals surface area contributed by atoms with Gasteiger partial charge in [-0.15, -0.1) is 0 Å². The number of ketones is 1. The summed E-state index contributed by atoms with van der Waals surface area (Å²) in [5, 5.41) is 2.10. The normalized spacial score (nSPS) is 13.9. The lowest BCUT2D eigenvalue weighted by molar-refractivity contribution is 0.103. The first kappa shape index (κ1) is 10.7. The lowest BCUT2D eigenvalue weighted by atomic mass is 9.83. The van der Waals surface area contributed by atoms with Crippen LogP contribution in [0.3, 0.4) is 0 Å². The smallest absolute Gasteiger partial charge is 0.194 e. The van der Waals surface area contributed by atoms with Gasteiger partial charge in [0.25, 0.3) is 0 Å². The second-order valence-corrected chi connectivity index (χ2v) is 4.27. The summed E-state index contributed by atoms with van der Waals surface area (Å²) in [6.07, 6.45) is 3.35. The van der Waals surface area contributed by atoms with Crippen molar-refractivity contribution in [2.45, 2.75) is 0 Å². The van der Waals surface area contributed by atoms with Gasteiger partial charge in [-0.2, -0.15) is 0 Å². The predicted molar refractivity (Wildman–Crippen MR) is 75.6 cm³/mol. The van der Waals surface area contributed by atoms with E-state index in [1.165, 1.54) is 0 Å². The monoisotopic (exact) mass is 232 g/mol. The van der Waals surface area contributed by atoms with Crippen LogP contribution in [0, 0.1) is 0 Å². The van der Waals surface area contributed by atoms with Crippen LogP contribution in [0.4, 0.5) is 0 Å². The van der Waals surface area contributed by atoms with E-state index in [2.05, 4.69) is 13.2 Å². The van der Waals surface area contributed by atoms with Crippen molar-refractivity contribution in [2.75, 3.05) is 0 Å². The maximum Gasteiger partial charge on any atom is 0.194 e. The molecule has 0 saturated heterocycles. The fourth-order valence-electron chi connectivity index (χ4n) is 2.59. The Morgan fingerprint density at radius 2 is 1.44 bits per heavy atom. The Hall–Kier alpha value is -2.41. The molecule has 0 spiro atoms.